The predicted octanol–water partition coefficient (Wildman–Crippen LogP) is 0.600. The molecule has 0 aliphatic carbocycles. The van der Waals surface area contributed by atoms with E-state index in [9.17, 15) is 13.2 Å². The van der Waals surface area contributed by atoms with Crippen molar-refractivity contribution in [2.75, 3.05) is 6.54 Å². The van der Waals surface area contributed by atoms with Gasteiger partial charge < -0.3 is 4.74 Å². The number of rotatable bonds is 5. The minimum Gasteiger partial charge on any atom is -0.446 e. The second-order valence-electron chi connectivity index (χ2n) is 3.86. The summed E-state index contributed by atoms with van der Waals surface area (Å²) in [4.78, 5) is 11.2. The van der Waals surface area contributed by atoms with E-state index in [1.165, 1.54) is 0 Å². The first-order valence-electron chi connectivity index (χ1n) is 5.07. The maximum Gasteiger partial charge on any atom is 0.422 e. The van der Waals surface area contributed by atoms with Crippen molar-refractivity contribution < 1.29 is 17.9 Å². The summed E-state index contributed by atoms with van der Waals surface area (Å²) in [6.07, 6.45) is -1.47. The molecule has 0 spiro atoms. The number of carbonyl (C=O) groups is 1. The number of nitrogens with zero attached hydrogens (tertiary/aromatic N) is 2. The van der Waals surface area contributed by atoms with E-state index in [-0.39, 0.29) is 6.54 Å². The van der Waals surface area contributed by atoms with Crippen LogP contribution >= 0.6 is 0 Å². The van der Waals surface area contributed by atoms with Gasteiger partial charge >= 0.3 is 16.3 Å². The molecule has 0 saturated heterocycles. The number of carbonyl (C=O) groups excluding carboxylic acids is 1. The van der Waals surface area contributed by atoms with Gasteiger partial charge in [-0.3, -0.25) is 0 Å². The van der Waals surface area contributed by atoms with Gasteiger partial charge in [-0.25, -0.2) is 9.52 Å². The first-order chi connectivity index (χ1) is 7.70. The Kier molecular flexibility index (Phi) is 5.91. The molecule has 0 aromatic heterocycles. The van der Waals surface area contributed by atoms with Crippen molar-refractivity contribution in [3.05, 3.63) is 0 Å². The number of hydrogen-bond donors (Lipinski definition) is 1. The summed E-state index contributed by atoms with van der Waals surface area (Å²) in [5.41, 5.74) is 0. The third-order valence-corrected chi connectivity index (χ3v) is 3.26. The van der Waals surface area contributed by atoms with Crippen LogP contribution < -0.4 is 4.72 Å². The molecule has 0 atom stereocenters. The molecule has 0 rings (SSSR count). The van der Waals surface area contributed by atoms with Crippen LogP contribution in [0.3, 0.4) is 0 Å². The summed E-state index contributed by atoms with van der Waals surface area (Å²) in [6.45, 7) is 6.07. The van der Waals surface area contributed by atoms with E-state index in [0.29, 0.717) is 0 Å². The van der Waals surface area contributed by atoms with Crippen LogP contribution in [0.5, 0.6) is 0 Å². The molecule has 98 valence electrons. The summed E-state index contributed by atoms with van der Waals surface area (Å²) in [6, 6.07) is 1.29. The number of hydrogen-bond acceptors (Lipinski definition) is 5. The summed E-state index contributed by atoms with van der Waals surface area (Å²) in [7, 11) is -4.04. The molecule has 0 aromatic carbocycles. The molecular formula is C9H17N3O4S. The Bertz CT molecular complexity index is 397. The fourth-order valence-electron chi connectivity index (χ4n) is 1.02. The van der Waals surface area contributed by atoms with E-state index in [1.54, 1.807) is 38.5 Å². The Morgan fingerprint density at radius 3 is 2.29 bits per heavy atom. The SMILES string of the molecule is CC(C)OC(=O)NS(=O)(=O)N(CC#N)C(C)C. The molecule has 0 radical (unpaired) electrons. The predicted molar refractivity (Wildman–Crippen MR) is 61.1 cm³/mol. The van der Waals surface area contributed by atoms with Gasteiger partial charge in [0.1, 0.15) is 6.54 Å². The van der Waals surface area contributed by atoms with Crippen LogP contribution in [-0.2, 0) is 14.9 Å². The van der Waals surface area contributed by atoms with Crippen molar-refractivity contribution in [2.24, 2.45) is 0 Å². The van der Waals surface area contributed by atoms with Crippen LogP contribution in [0, 0.1) is 11.3 Å². The monoisotopic (exact) mass is 263 g/mol. The summed E-state index contributed by atoms with van der Waals surface area (Å²) >= 11 is 0. The van der Waals surface area contributed by atoms with Crippen molar-refractivity contribution >= 4 is 16.3 Å². The fourth-order valence-corrected chi connectivity index (χ4v) is 2.18. The van der Waals surface area contributed by atoms with Crippen molar-refractivity contribution in [1.82, 2.24) is 9.03 Å². The van der Waals surface area contributed by atoms with Crippen molar-refractivity contribution in [3.8, 4) is 6.07 Å². The number of nitrogens with one attached hydrogen (secondary N) is 1. The lowest BCUT2D eigenvalue weighted by atomic mass is 10.4. The van der Waals surface area contributed by atoms with Crippen LogP contribution in [0.25, 0.3) is 0 Å². The zero-order valence-corrected chi connectivity index (χ0v) is 11.1. The summed E-state index contributed by atoms with van der Waals surface area (Å²) < 4.78 is 30.7. The Hall–Kier alpha value is -1.33. The minimum absolute atomic E-state index is 0.331. The van der Waals surface area contributed by atoms with Gasteiger partial charge in [0.25, 0.3) is 0 Å². The zero-order chi connectivity index (χ0) is 13.6. The molecular weight excluding hydrogens is 246 g/mol. The Balaban J connectivity index is 4.76. The van der Waals surface area contributed by atoms with Gasteiger partial charge in [-0.05, 0) is 27.7 Å². The maximum absolute atomic E-state index is 11.7. The molecule has 0 unspecified atom stereocenters. The maximum atomic E-state index is 11.7. The molecule has 8 heteroatoms. The zero-order valence-electron chi connectivity index (χ0n) is 10.3. The smallest absolute Gasteiger partial charge is 0.422 e. The highest BCUT2D eigenvalue weighted by atomic mass is 32.2. The van der Waals surface area contributed by atoms with Gasteiger partial charge in [0.05, 0.1) is 12.2 Å². The van der Waals surface area contributed by atoms with Crippen molar-refractivity contribution in [3.63, 3.8) is 0 Å². The molecule has 7 nitrogen and oxygen atoms in total. The molecule has 0 aliphatic heterocycles. The van der Waals surface area contributed by atoms with Gasteiger partial charge in [0.15, 0.2) is 0 Å². The van der Waals surface area contributed by atoms with E-state index in [0.717, 1.165) is 4.31 Å². The summed E-state index contributed by atoms with van der Waals surface area (Å²) in [5.74, 6) is 0. The minimum atomic E-state index is -4.04. The second-order valence-corrected chi connectivity index (χ2v) is 5.48. The highest BCUT2D eigenvalue weighted by Crippen LogP contribution is 2.04. The molecule has 0 bridgehead atoms. The highest BCUT2D eigenvalue weighted by molar-refractivity contribution is 7.87. The Labute approximate surface area is 102 Å². The van der Waals surface area contributed by atoms with Gasteiger partial charge in [-0.1, -0.05) is 0 Å². The molecule has 0 fully saturated rings. The number of nitriles is 1. The topological polar surface area (TPSA) is 99.5 Å². The van der Waals surface area contributed by atoms with Crippen LogP contribution in [0.2, 0.25) is 0 Å². The molecule has 0 aliphatic rings. The van der Waals surface area contributed by atoms with Crippen molar-refractivity contribution in [2.45, 2.75) is 39.8 Å². The van der Waals surface area contributed by atoms with Gasteiger partial charge in [-0.15, -0.1) is 0 Å². The average Bonchev–Trinajstić information content (AvgIpc) is 2.10. The second kappa shape index (κ2) is 6.42. The highest BCUT2D eigenvalue weighted by Gasteiger charge is 2.27. The van der Waals surface area contributed by atoms with Crippen LogP contribution in [0.4, 0.5) is 4.79 Å². The van der Waals surface area contributed by atoms with E-state index >= 15 is 0 Å². The van der Waals surface area contributed by atoms with Gasteiger partial charge in [0, 0.05) is 6.04 Å². The molecule has 0 heterocycles. The first kappa shape index (κ1) is 15.7. The quantitative estimate of drug-likeness (QED) is 0.732. The van der Waals surface area contributed by atoms with Gasteiger partial charge in [0.2, 0.25) is 0 Å². The standard InChI is InChI=1S/C9H17N3O4S/c1-7(2)12(6-5-10)17(14,15)11-9(13)16-8(3)4/h7-8H,6H2,1-4H3,(H,11,13). The average molecular weight is 263 g/mol. The first-order valence-corrected chi connectivity index (χ1v) is 6.52. The molecule has 0 aromatic rings. The third kappa shape index (κ3) is 5.51. The van der Waals surface area contributed by atoms with E-state index in [2.05, 4.69) is 4.74 Å². The van der Waals surface area contributed by atoms with Crippen LogP contribution in [0.1, 0.15) is 27.7 Å². The number of ether oxygens (including phenoxy) is 1. The summed E-state index contributed by atoms with van der Waals surface area (Å²) in [5, 5.41) is 8.53. The van der Waals surface area contributed by atoms with Crippen molar-refractivity contribution in [1.29, 1.82) is 5.26 Å². The lowest BCUT2D eigenvalue weighted by Crippen LogP contribution is -2.47. The Morgan fingerprint density at radius 2 is 1.94 bits per heavy atom. The van der Waals surface area contributed by atoms with Crippen LogP contribution in [-0.4, -0.2) is 37.5 Å². The largest absolute Gasteiger partial charge is 0.446 e. The van der Waals surface area contributed by atoms with Crippen LogP contribution in [0.15, 0.2) is 0 Å². The van der Waals surface area contributed by atoms with E-state index in [4.69, 9.17) is 5.26 Å². The molecule has 1 amide bonds. The number of amides is 1. The van der Waals surface area contributed by atoms with Gasteiger partial charge in [-0.2, -0.15) is 18.0 Å². The molecule has 0 saturated carbocycles. The third-order valence-electron chi connectivity index (χ3n) is 1.67. The molecule has 1 N–H and O–H groups in total. The Morgan fingerprint density at radius 1 is 1.41 bits per heavy atom. The lowest BCUT2D eigenvalue weighted by molar-refractivity contribution is 0.121. The van der Waals surface area contributed by atoms with E-state index in [1.807, 2.05) is 0 Å². The molecule has 17 heavy (non-hydrogen) atoms. The van der Waals surface area contributed by atoms with E-state index < -0.39 is 28.4 Å². The lowest BCUT2D eigenvalue weighted by Gasteiger charge is -2.23. The fraction of sp³-hybridized carbons (Fsp3) is 0.778. The normalized spacial score (nSPS) is 11.6.